The van der Waals surface area contributed by atoms with E-state index in [2.05, 4.69) is 5.32 Å². The summed E-state index contributed by atoms with van der Waals surface area (Å²) in [6, 6.07) is 0.652. The van der Waals surface area contributed by atoms with Gasteiger partial charge in [0.05, 0.1) is 19.3 Å². The largest absolute Gasteiger partial charge is 0.480 e. The van der Waals surface area contributed by atoms with Gasteiger partial charge in [0.1, 0.15) is 12.1 Å². The van der Waals surface area contributed by atoms with E-state index in [0.29, 0.717) is 0 Å². The summed E-state index contributed by atoms with van der Waals surface area (Å²) in [6.45, 7) is 0.397. The summed E-state index contributed by atoms with van der Waals surface area (Å²) >= 11 is 0. The Morgan fingerprint density at radius 2 is 2.45 bits per heavy atom. The van der Waals surface area contributed by atoms with Crippen molar-refractivity contribution in [3.63, 3.8) is 0 Å². The van der Waals surface area contributed by atoms with Gasteiger partial charge < -0.3 is 9.84 Å². The smallest absolute Gasteiger partial charge is 0.323 e. The van der Waals surface area contributed by atoms with Gasteiger partial charge in [-0.05, 0) is 0 Å². The fraction of sp³-hybridized carbons (Fsp3) is 0.667. The molecule has 1 heterocycles. The van der Waals surface area contributed by atoms with Crippen LogP contribution in [0.25, 0.3) is 0 Å². The summed E-state index contributed by atoms with van der Waals surface area (Å²) in [5, 5.41) is 19.5. The van der Waals surface area contributed by atoms with Crippen LogP contribution in [0.1, 0.15) is 0 Å². The molecule has 0 bridgehead atoms. The van der Waals surface area contributed by atoms with Crippen molar-refractivity contribution in [1.29, 1.82) is 5.26 Å². The maximum Gasteiger partial charge on any atom is 0.323 e. The van der Waals surface area contributed by atoms with Crippen LogP contribution in [0.4, 0.5) is 0 Å². The third-order valence-electron chi connectivity index (χ3n) is 1.43. The summed E-state index contributed by atoms with van der Waals surface area (Å²) in [7, 11) is 0. The molecule has 1 aliphatic heterocycles. The van der Waals surface area contributed by atoms with Gasteiger partial charge in [0.25, 0.3) is 0 Å². The fourth-order valence-corrected chi connectivity index (χ4v) is 0.860. The predicted molar refractivity (Wildman–Crippen MR) is 34.8 cm³/mol. The van der Waals surface area contributed by atoms with Gasteiger partial charge in [0, 0.05) is 0 Å². The van der Waals surface area contributed by atoms with Crippen LogP contribution >= 0.6 is 0 Å². The lowest BCUT2D eigenvalue weighted by molar-refractivity contribution is -0.142. The van der Waals surface area contributed by atoms with Crippen LogP contribution < -0.4 is 5.32 Å². The lowest BCUT2D eigenvalue weighted by Gasteiger charge is -2.23. The van der Waals surface area contributed by atoms with Crippen molar-refractivity contribution in [2.24, 2.45) is 0 Å². The fourth-order valence-electron chi connectivity index (χ4n) is 0.860. The van der Waals surface area contributed by atoms with Crippen LogP contribution in [-0.2, 0) is 9.53 Å². The number of rotatable bonds is 1. The van der Waals surface area contributed by atoms with Crippen molar-refractivity contribution < 1.29 is 14.6 Å². The van der Waals surface area contributed by atoms with Gasteiger partial charge in [0.15, 0.2) is 0 Å². The highest BCUT2D eigenvalue weighted by Crippen LogP contribution is 1.98. The number of carboxylic acid groups (broad SMARTS) is 1. The third kappa shape index (κ3) is 1.90. The van der Waals surface area contributed by atoms with Crippen molar-refractivity contribution >= 4 is 5.97 Å². The van der Waals surface area contributed by atoms with Gasteiger partial charge in [-0.15, -0.1) is 0 Å². The molecule has 0 aromatic carbocycles. The molecule has 60 valence electrons. The molecule has 1 fully saturated rings. The molecule has 0 aromatic heterocycles. The lowest BCUT2D eigenvalue weighted by atomic mass is 10.2. The summed E-state index contributed by atoms with van der Waals surface area (Å²) in [5.74, 6) is -0.982. The number of nitrogens with one attached hydrogen (secondary N) is 1. The molecule has 0 aliphatic carbocycles. The highest BCUT2D eigenvalue weighted by molar-refractivity contribution is 5.73. The van der Waals surface area contributed by atoms with Crippen molar-refractivity contribution in [2.75, 3.05) is 13.2 Å². The summed E-state index contributed by atoms with van der Waals surface area (Å²) < 4.78 is 4.88. The van der Waals surface area contributed by atoms with E-state index >= 15 is 0 Å². The van der Waals surface area contributed by atoms with Crippen LogP contribution in [0, 0.1) is 11.3 Å². The lowest BCUT2D eigenvalue weighted by Crippen LogP contribution is -2.51. The summed E-state index contributed by atoms with van der Waals surface area (Å²) in [6.07, 6.45) is 0. The van der Waals surface area contributed by atoms with E-state index in [1.807, 2.05) is 6.07 Å². The first-order valence-electron chi connectivity index (χ1n) is 3.20. The first-order chi connectivity index (χ1) is 5.24. The highest BCUT2D eigenvalue weighted by atomic mass is 16.5. The Morgan fingerprint density at radius 1 is 1.73 bits per heavy atom. The van der Waals surface area contributed by atoms with Gasteiger partial charge in [-0.2, -0.15) is 5.26 Å². The number of hydrogen-bond acceptors (Lipinski definition) is 4. The Labute approximate surface area is 63.6 Å². The SMILES string of the molecule is N#CC1COC[C@H](C(=O)O)N1. The van der Waals surface area contributed by atoms with Crippen molar-refractivity contribution in [1.82, 2.24) is 5.32 Å². The van der Waals surface area contributed by atoms with E-state index in [9.17, 15) is 4.79 Å². The molecule has 1 aliphatic rings. The predicted octanol–water partition coefficient (Wildman–Crippen LogP) is -1.05. The maximum atomic E-state index is 10.4. The monoisotopic (exact) mass is 156 g/mol. The molecule has 5 nitrogen and oxygen atoms in total. The van der Waals surface area contributed by atoms with Gasteiger partial charge in [-0.1, -0.05) is 0 Å². The van der Waals surface area contributed by atoms with Crippen LogP contribution in [0.5, 0.6) is 0 Å². The minimum absolute atomic E-state index is 0.132. The molecule has 0 radical (unpaired) electrons. The van der Waals surface area contributed by atoms with Gasteiger partial charge >= 0.3 is 5.97 Å². The van der Waals surface area contributed by atoms with E-state index in [1.54, 1.807) is 0 Å². The number of aliphatic carboxylic acids is 1. The van der Waals surface area contributed by atoms with Crippen molar-refractivity contribution in [3.8, 4) is 6.07 Å². The Balaban J connectivity index is 2.47. The molecule has 0 amide bonds. The number of carboxylic acids is 1. The third-order valence-corrected chi connectivity index (χ3v) is 1.43. The van der Waals surface area contributed by atoms with Crippen LogP contribution in [-0.4, -0.2) is 36.4 Å². The number of nitriles is 1. The van der Waals surface area contributed by atoms with Crippen LogP contribution in [0.15, 0.2) is 0 Å². The number of hydrogen-bond donors (Lipinski definition) is 2. The zero-order chi connectivity index (χ0) is 8.27. The van der Waals surface area contributed by atoms with Crippen molar-refractivity contribution in [3.05, 3.63) is 0 Å². The molecule has 0 aromatic rings. The quantitative estimate of drug-likeness (QED) is 0.506. The molecule has 2 N–H and O–H groups in total. The first-order valence-corrected chi connectivity index (χ1v) is 3.20. The Hall–Kier alpha value is -1.12. The van der Waals surface area contributed by atoms with Gasteiger partial charge in [0.2, 0.25) is 0 Å². The van der Waals surface area contributed by atoms with E-state index in [1.165, 1.54) is 0 Å². The molecule has 1 rings (SSSR count). The van der Waals surface area contributed by atoms with E-state index in [4.69, 9.17) is 15.1 Å². The molecule has 1 unspecified atom stereocenters. The number of carbonyl (C=O) groups is 1. The van der Waals surface area contributed by atoms with Gasteiger partial charge in [-0.25, -0.2) is 0 Å². The van der Waals surface area contributed by atoms with Crippen LogP contribution in [0.3, 0.4) is 0 Å². The topological polar surface area (TPSA) is 82.3 Å². The minimum atomic E-state index is -0.982. The normalized spacial score (nSPS) is 30.8. The second-order valence-electron chi connectivity index (χ2n) is 2.28. The summed E-state index contributed by atoms with van der Waals surface area (Å²) in [4.78, 5) is 10.4. The molecule has 2 atom stereocenters. The maximum absolute atomic E-state index is 10.4. The molecule has 0 saturated carbocycles. The standard InChI is InChI=1S/C6H8N2O3/c7-1-4-2-11-3-5(8-4)6(9)10/h4-5,8H,2-3H2,(H,9,10)/t4?,5-/m1/s1. The number of ether oxygens (including phenoxy) is 1. The molecule has 5 heteroatoms. The summed E-state index contributed by atoms with van der Waals surface area (Å²) in [5.41, 5.74) is 0. The van der Waals surface area contributed by atoms with E-state index in [-0.39, 0.29) is 13.2 Å². The minimum Gasteiger partial charge on any atom is -0.480 e. The second kappa shape index (κ2) is 3.32. The number of nitrogens with zero attached hydrogens (tertiary/aromatic N) is 1. The Kier molecular flexibility index (Phi) is 2.41. The van der Waals surface area contributed by atoms with E-state index in [0.717, 1.165) is 0 Å². The molecule has 11 heavy (non-hydrogen) atoms. The molecular weight excluding hydrogens is 148 g/mol. The zero-order valence-corrected chi connectivity index (χ0v) is 5.78. The molecular formula is C6H8N2O3. The molecule has 0 spiro atoms. The number of morpholine rings is 1. The van der Waals surface area contributed by atoms with E-state index < -0.39 is 18.1 Å². The average Bonchev–Trinajstić information content (AvgIpc) is 2.05. The van der Waals surface area contributed by atoms with Crippen molar-refractivity contribution in [2.45, 2.75) is 12.1 Å². The molecule has 1 saturated heterocycles. The van der Waals surface area contributed by atoms with Gasteiger partial charge in [-0.3, -0.25) is 10.1 Å². The first kappa shape index (κ1) is 7.98. The highest BCUT2D eigenvalue weighted by Gasteiger charge is 2.26. The average molecular weight is 156 g/mol. The zero-order valence-electron chi connectivity index (χ0n) is 5.78. The Bertz CT molecular complexity index is 198. The Morgan fingerprint density at radius 3 is 3.00 bits per heavy atom. The second-order valence-corrected chi connectivity index (χ2v) is 2.28. The van der Waals surface area contributed by atoms with Crippen LogP contribution in [0.2, 0.25) is 0 Å².